The summed E-state index contributed by atoms with van der Waals surface area (Å²) in [5, 5.41) is 3.29. The topological polar surface area (TPSA) is 49.4 Å². The fourth-order valence-corrected chi connectivity index (χ4v) is 4.89. The van der Waals surface area contributed by atoms with Gasteiger partial charge in [0.25, 0.3) is 0 Å². The van der Waals surface area contributed by atoms with E-state index in [9.17, 15) is 8.42 Å². The third-order valence-electron chi connectivity index (χ3n) is 3.81. The molecule has 2 atom stereocenters. The van der Waals surface area contributed by atoms with Gasteiger partial charge in [0, 0.05) is 12.1 Å². The molecule has 0 unspecified atom stereocenters. The zero-order valence-electron chi connectivity index (χ0n) is 11.0. The summed E-state index contributed by atoms with van der Waals surface area (Å²) >= 11 is 0. The Morgan fingerprint density at radius 2 is 1.94 bits per heavy atom. The molecule has 2 aliphatic rings. The molecule has 2 rings (SSSR count). The number of likely N-dealkylation sites (tertiary alicyclic amines) is 1. The average molecular weight is 270 g/mol. The molecule has 2 saturated heterocycles. The molecule has 0 aromatic rings. The van der Waals surface area contributed by atoms with E-state index in [1.165, 1.54) is 19.3 Å². The lowest BCUT2D eigenvalue weighted by atomic mass is 10.1. The molecular formula is C13H22N2O2S. The van der Waals surface area contributed by atoms with E-state index in [0.717, 1.165) is 13.1 Å². The number of nitrogens with zero attached hydrogens (tertiary/aromatic N) is 1. The Morgan fingerprint density at radius 1 is 1.22 bits per heavy atom. The van der Waals surface area contributed by atoms with E-state index in [1.807, 2.05) is 0 Å². The van der Waals surface area contributed by atoms with Crippen molar-refractivity contribution >= 4 is 9.84 Å². The van der Waals surface area contributed by atoms with Crippen molar-refractivity contribution < 1.29 is 8.42 Å². The summed E-state index contributed by atoms with van der Waals surface area (Å²) in [4.78, 5) is 2.35. The molecule has 0 saturated carbocycles. The van der Waals surface area contributed by atoms with Crippen molar-refractivity contribution in [3.63, 3.8) is 0 Å². The van der Waals surface area contributed by atoms with Crippen LogP contribution in [0.25, 0.3) is 0 Å². The van der Waals surface area contributed by atoms with Gasteiger partial charge in [0.2, 0.25) is 0 Å². The highest BCUT2D eigenvalue weighted by Crippen LogP contribution is 2.22. The Kier molecular flexibility index (Phi) is 4.66. The minimum absolute atomic E-state index is 0.0500. The van der Waals surface area contributed by atoms with Crippen molar-refractivity contribution in [3.05, 3.63) is 0 Å². The molecule has 1 N–H and O–H groups in total. The highest BCUT2D eigenvalue weighted by molar-refractivity contribution is 7.91. The Hall–Kier alpha value is -0.570. The second-order valence-electron chi connectivity index (χ2n) is 5.16. The molecule has 0 spiro atoms. The van der Waals surface area contributed by atoms with Gasteiger partial charge in [-0.2, -0.15) is 0 Å². The summed E-state index contributed by atoms with van der Waals surface area (Å²) in [7, 11) is -2.88. The van der Waals surface area contributed by atoms with Crippen molar-refractivity contribution in [2.45, 2.75) is 38.3 Å². The number of nitrogens with one attached hydrogen (secondary N) is 1. The smallest absolute Gasteiger partial charge is 0.153 e. The lowest BCUT2D eigenvalue weighted by Gasteiger charge is -2.34. The first-order chi connectivity index (χ1) is 8.62. The van der Waals surface area contributed by atoms with Crippen LogP contribution in [0.5, 0.6) is 0 Å². The van der Waals surface area contributed by atoms with Gasteiger partial charge in [-0.25, -0.2) is 8.42 Å². The van der Waals surface area contributed by atoms with Gasteiger partial charge in [0.15, 0.2) is 9.84 Å². The van der Waals surface area contributed by atoms with E-state index < -0.39 is 9.84 Å². The largest absolute Gasteiger partial charge is 0.301 e. The molecule has 0 amide bonds. The average Bonchev–Trinajstić information content (AvgIpc) is 2.66. The van der Waals surface area contributed by atoms with Gasteiger partial charge in [-0.05, 0) is 32.9 Å². The van der Waals surface area contributed by atoms with E-state index >= 15 is 0 Å². The van der Waals surface area contributed by atoms with Gasteiger partial charge in [0.05, 0.1) is 18.1 Å². The maximum Gasteiger partial charge on any atom is 0.153 e. The minimum Gasteiger partial charge on any atom is -0.301 e. The molecule has 2 fully saturated rings. The van der Waals surface area contributed by atoms with Crippen molar-refractivity contribution in [2.75, 3.05) is 31.1 Å². The summed E-state index contributed by atoms with van der Waals surface area (Å²) in [5.74, 6) is 6.36. The summed E-state index contributed by atoms with van der Waals surface area (Å²) in [5.41, 5.74) is 0. The third kappa shape index (κ3) is 3.47. The van der Waals surface area contributed by atoms with Crippen LogP contribution in [0.1, 0.15) is 26.2 Å². The molecule has 4 nitrogen and oxygen atoms in total. The van der Waals surface area contributed by atoms with E-state index in [4.69, 9.17) is 0 Å². The van der Waals surface area contributed by atoms with Crippen LogP contribution in [0.4, 0.5) is 0 Å². The number of hydrogen-bond acceptors (Lipinski definition) is 4. The zero-order chi connectivity index (χ0) is 13.0. The van der Waals surface area contributed by atoms with Crippen LogP contribution < -0.4 is 5.32 Å². The van der Waals surface area contributed by atoms with E-state index in [0.29, 0.717) is 12.3 Å². The summed E-state index contributed by atoms with van der Waals surface area (Å²) in [6.45, 7) is 4.46. The predicted octanol–water partition coefficient (Wildman–Crippen LogP) is 0.251. The molecule has 0 aromatic carbocycles. The maximum atomic E-state index is 11.8. The van der Waals surface area contributed by atoms with Gasteiger partial charge in [0.1, 0.15) is 0 Å². The van der Waals surface area contributed by atoms with Crippen molar-refractivity contribution in [2.24, 2.45) is 0 Å². The minimum atomic E-state index is -2.88. The third-order valence-corrected chi connectivity index (χ3v) is 5.53. The molecule has 102 valence electrons. The van der Waals surface area contributed by atoms with E-state index in [-0.39, 0.29) is 17.8 Å². The fraction of sp³-hybridized carbons (Fsp3) is 0.846. The molecule has 18 heavy (non-hydrogen) atoms. The maximum absolute atomic E-state index is 11.8. The molecule has 2 aliphatic heterocycles. The molecular weight excluding hydrogens is 248 g/mol. The number of sulfone groups is 1. The van der Waals surface area contributed by atoms with Crippen molar-refractivity contribution in [1.29, 1.82) is 0 Å². The Balaban J connectivity index is 2.01. The predicted molar refractivity (Wildman–Crippen MR) is 73.1 cm³/mol. The van der Waals surface area contributed by atoms with Crippen LogP contribution >= 0.6 is 0 Å². The molecule has 5 heteroatoms. The van der Waals surface area contributed by atoms with Crippen molar-refractivity contribution in [3.8, 4) is 11.8 Å². The number of piperidine rings is 1. The summed E-state index contributed by atoms with van der Waals surface area (Å²) in [6, 6.07) is 0.197. The molecule has 0 radical (unpaired) electrons. The SMILES string of the molecule is CC#CCN[C@H]1CS(=O)(=O)C[C@H]1N1CCCCC1. The van der Waals surface area contributed by atoms with Gasteiger partial charge >= 0.3 is 0 Å². The van der Waals surface area contributed by atoms with Crippen LogP contribution in [0, 0.1) is 11.8 Å². The molecule has 0 aromatic heterocycles. The fourth-order valence-electron chi connectivity index (χ4n) is 2.90. The molecule has 0 bridgehead atoms. The summed E-state index contributed by atoms with van der Waals surface area (Å²) in [6.07, 6.45) is 3.66. The first-order valence-electron chi connectivity index (χ1n) is 6.70. The van der Waals surface area contributed by atoms with Gasteiger partial charge in [-0.15, -0.1) is 5.92 Å². The van der Waals surface area contributed by atoms with Gasteiger partial charge in [-0.3, -0.25) is 4.90 Å². The Morgan fingerprint density at radius 3 is 2.61 bits per heavy atom. The molecule has 2 heterocycles. The normalized spacial score (nSPS) is 31.8. The lowest BCUT2D eigenvalue weighted by Crippen LogP contribution is -2.51. The number of hydrogen-bond donors (Lipinski definition) is 1. The van der Waals surface area contributed by atoms with Gasteiger partial charge < -0.3 is 5.32 Å². The first-order valence-corrected chi connectivity index (χ1v) is 8.52. The summed E-state index contributed by atoms with van der Waals surface area (Å²) < 4.78 is 23.6. The monoisotopic (exact) mass is 270 g/mol. The van der Waals surface area contributed by atoms with Crippen LogP contribution in [-0.2, 0) is 9.84 Å². The highest BCUT2D eigenvalue weighted by atomic mass is 32.2. The lowest BCUT2D eigenvalue weighted by molar-refractivity contribution is 0.157. The standard InChI is InChI=1S/C13H22N2O2S/c1-2-3-7-14-12-10-18(16,17)11-13(12)15-8-5-4-6-9-15/h12-14H,4-11H2,1H3/t12-,13+/m0/s1. The van der Waals surface area contributed by atoms with Crippen molar-refractivity contribution in [1.82, 2.24) is 10.2 Å². The van der Waals surface area contributed by atoms with E-state index in [2.05, 4.69) is 22.1 Å². The zero-order valence-corrected chi connectivity index (χ0v) is 11.8. The second kappa shape index (κ2) is 6.05. The number of rotatable bonds is 3. The van der Waals surface area contributed by atoms with Crippen LogP contribution in [-0.4, -0.2) is 56.5 Å². The first kappa shape index (κ1) is 13.9. The Labute approximate surface area is 110 Å². The van der Waals surface area contributed by atoms with E-state index in [1.54, 1.807) is 6.92 Å². The van der Waals surface area contributed by atoms with Crippen LogP contribution in [0.15, 0.2) is 0 Å². The van der Waals surface area contributed by atoms with Crippen LogP contribution in [0.3, 0.4) is 0 Å². The molecule has 0 aliphatic carbocycles. The highest BCUT2D eigenvalue weighted by Gasteiger charge is 2.40. The second-order valence-corrected chi connectivity index (χ2v) is 7.31. The van der Waals surface area contributed by atoms with Gasteiger partial charge in [-0.1, -0.05) is 12.3 Å². The Bertz CT molecular complexity index is 430. The quantitative estimate of drug-likeness (QED) is 0.747. The van der Waals surface area contributed by atoms with Crippen LogP contribution in [0.2, 0.25) is 0 Å².